The predicted octanol–water partition coefficient (Wildman–Crippen LogP) is 5.86. The average molecular weight is 479 g/mol. The molecule has 0 saturated carbocycles. The molecular formula is C25H19FN2O5S. The summed E-state index contributed by atoms with van der Waals surface area (Å²) in [6.45, 7) is 2.13. The van der Waals surface area contributed by atoms with Crippen molar-refractivity contribution in [2.45, 2.75) is 20.1 Å². The molecule has 1 aliphatic heterocycles. The van der Waals surface area contributed by atoms with Crippen LogP contribution in [0.3, 0.4) is 0 Å². The van der Waals surface area contributed by atoms with Gasteiger partial charge in [-0.05, 0) is 59.7 Å². The summed E-state index contributed by atoms with van der Waals surface area (Å²) in [5, 5.41) is 10.9. The quantitative estimate of drug-likeness (QED) is 0.240. The molecule has 0 N–H and O–H groups in total. The molecular weight excluding hydrogens is 459 g/mol. The highest BCUT2D eigenvalue weighted by Gasteiger charge is 2.35. The van der Waals surface area contributed by atoms with E-state index in [1.165, 1.54) is 36.4 Å². The fourth-order valence-corrected chi connectivity index (χ4v) is 4.20. The maximum atomic E-state index is 13.1. The molecule has 1 fully saturated rings. The highest BCUT2D eigenvalue weighted by molar-refractivity contribution is 8.18. The molecule has 0 unspecified atom stereocenters. The van der Waals surface area contributed by atoms with E-state index in [4.69, 9.17) is 4.74 Å². The monoisotopic (exact) mass is 478 g/mol. The number of nitro groups is 1. The number of hydrogen-bond acceptors (Lipinski definition) is 6. The summed E-state index contributed by atoms with van der Waals surface area (Å²) in [6.07, 6.45) is 1.43. The van der Waals surface area contributed by atoms with Crippen LogP contribution in [0.1, 0.15) is 22.3 Å². The highest BCUT2D eigenvalue weighted by atomic mass is 32.2. The van der Waals surface area contributed by atoms with Gasteiger partial charge in [0.1, 0.15) is 18.2 Å². The zero-order chi connectivity index (χ0) is 24.2. The molecule has 4 rings (SSSR count). The zero-order valence-corrected chi connectivity index (χ0v) is 18.9. The second-order valence-corrected chi connectivity index (χ2v) is 8.58. The Morgan fingerprint density at radius 1 is 1.09 bits per heavy atom. The first kappa shape index (κ1) is 23.2. The topological polar surface area (TPSA) is 89.8 Å². The largest absolute Gasteiger partial charge is 0.488 e. The van der Waals surface area contributed by atoms with Crippen LogP contribution < -0.4 is 4.74 Å². The van der Waals surface area contributed by atoms with Crippen molar-refractivity contribution >= 4 is 34.7 Å². The van der Waals surface area contributed by atoms with E-state index in [1.807, 2.05) is 31.2 Å². The van der Waals surface area contributed by atoms with E-state index in [2.05, 4.69) is 0 Å². The third-order valence-corrected chi connectivity index (χ3v) is 6.17. The molecule has 1 saturated heterocycles. The second-order valence-electron chi connectivity index (χ2n) is 7.59. The summed E-state index contributed by atoms with van der Waals surface area (Å²) in [6, 6.07) is 17.2. The van der Waals surface area contributed by atoms with Crippen molar-refractivity contribution in [3.63, 3.8) is 0 Å². The summed E-state index contributed by atoms with van der Waals surface area (Å²) in [7, 11) is 0. The number of ether oxygens (including phenoxy) is 1. The Bertz CT molecular complexity index is 1310. The van der Waals surface area contributed by atoms with Crippen LogP contribution in [0.2, 0.25) is 0 Å². The zero-order valence-electron chi connectivity index (χ0n) is 18.1. The van der Waals surface area contributed by atoms with Gasteiger partial charge in [-0.25, -0.2) is 4.39 Å². The van der Waals surface area contributed by atoms with Gasteiger partial charge in [-0.15, -0.1) is 0 Å². The lowest BCUT2D eigenvalue weighted by Crippen LogP contribution is -2.27. The van der Waals surface area contributed by atoms with Gasteiger partial charge in [0.15, 0.2) is 0 Å². The number of halogens is 1. The fraction of sp³-hybridized carbons (Fsp3) is 0.120. The maximum absolute atomic E-state index is 13.1. The first-order valence-corrected chi connectivity index (χ1v) is 11.1. The minimum Gasteiger partial charge on any atom is -0.488 e. The lowest BCUT2D eigenvalue weighted by atomic mass is 10.1. The molecule has 1 aliphatic rings. The Labute approximate surface area is 199 Å². The predicted molar refractivity (Wildman–Crippen MR) is 127 cm³/mol. The lowest BCUT2D eigenvalue weighted by molar-refractivity contribution is -0.384. The van der Waals surface area contributed by atoms with Gasteiger partial charge in [-0.3, -0.25) is 24.6 Å². The first-order chi connectivity index (χ1) is 16.3. The lowest BCUT2D eigenvalue weighted by Gasteiger charge is -2.14. The van der Waals surface area contributed by atoms with Crippen molar-refractivity contribution < 1.29 is 23.6 Å². The van der Waals surface area contributed by atoms with Crippen LogP contribution in [-0.4, -0.2) is 21.0 Å². The van der Waals surface area contributed by atoms with Crippen LogP contribution >= 0.6 is 11.8 Å². The van der Waals surface area contributed by atoms with Crippen molar-refractivity contribution in [2.75, 3.05) is 0 Å². The normalized spacial score (nSPS) is 14.6. The Hall–Kier alpha value is -3.98. The molecule has 9 heteroatoms. The molecule has 0 aliphatic carbocycles. The number of carbonyl (C=O) groups is 2. The van der Waals surface area contributed by atoms with Crippen molar-refractivity contribution in [3.05, 3.63) is 110 Å². The van der Waals surface area contributed by atoms with Crippen LogP contribution in [0, 0.1) is 22.9 Å². The van der Waals surface area contributed by atoms with Gasteiger partial charge in [0, 0.05) is 17.7 Å². The minimum absolute atomic E-state index is 0.0910. The Kier molecular flexibility index (Phi) is 6.74. The summed E-state index contributed by atoms with van der Waals surface area (Å²) >= 11 is 0.772. The van der Waals surface area contributed by atoms with Gasteiger partial charge in [0.05, 0.1) is 16.4 Å². The number of nitro benzene ring substituents is 1. The molecule has 34 heavy (non-hydrogen) atoms. The highest BCUT2D eigenvalue weighted by Crippen LogP contribution is 2.36. The first-order valence-electron chi connectivity index (χ1n) is 10.3. The Balaban J connectivity index is 1.61. The van der Waals surface area contributed by atoms with Crippen LogP contribution in [0.5, 0.6) is 5.75 Å². The van der Waals surface area contributed by atoms with E-state index in [0.29, 0.717) is 11.3 Å². The van der Waals surface area contributed by atoms with Crippen molar-refractivity contribution in [1.29, 1.82) is 0 Å². The number of non-ortho nitro benzene ring substituents is 1. The molecule has 3 aromatic rings. The van der Waals surface area contributed by atoms with Gasteiger partial charge in [0.25, 0.3) is 16.8 Å². The number of benzene rings is 3. The maximum Gasteiger partial charge on any atom is 0.293 e. The molecule has 0 radical (unpaired) electrons. The molecule has 0 bridgehead atoms. The van der Waals surface area contributed by atoms with Gasteiger partial charge < -0.3 is 4.74 Å². The van der Waals surface area contributed by atoms with Crippen molar-refractivity contribution in [3.8, 4) is 5.75 Å². The van der Waals surface area contributed by atoms with Gasteiger partial charge in [-0.2, -0.15) is 0 Å². The van der Waals surface area contributed by atoms with Crippen molar-refractivity contribution in [1.82, 2.24) is 4.90 Å². The van der Waals surface area contributed by atoms with Crippen LogP contribution in [-0.2, 0) is 17.9 Å². The molecule has 1 heterocycles. The third kappa shape index (κ3) is 5.15. The van der Waals surface area contributed by atoms with E-state index in [9.17, 15) is 24.1 Å². The molecule has 2 amide bonds. The number of hydrogen-bond donors (Lipinski definition) is 0. The van der Waals surface area contributed by atoms with E-state index >= 15 is 0 Å². The molecule has 0 atom stereocenters. The molecule has 172 valence electrons. The summed E-state index contributed by atoms with van der Waals surface area (Å²) in [4.78, 5) is 37.6. The second kappa shape index (κ2) is 9.88. The van der Waals surface area contributed by atoms with E-state index in [-0.39, 0.29) is 35.1 Å². The molecule has 0 aromatic heterocycles. The number of aryl methyl sites for hydroxylation is 1. The van der Waals surface area contributed by atoms with Crippen LogP contribution in [0.15, 0.2) is 71.6 Å². The van der Waals surface area contributed by atoms with Crippen LogP contribution in [0.4, 0.5) is 14.9 Å². The molecule has 3 aromatic carbocycles. The van der Waals surface area contributed by atoms with Gasteiger partial charge in [0.2, 0.25) is 0 Å². The number of thioether (sulfide) groups is 1. The fourth-order valence-electron chi connectivity index (χ4n) is 3.37. The van der Waals surface area contributed by atoms with Gasteiger partial charge in [-0.1, -0.05) is 36.4 Å². The number of carbonyl (C=O) groups excluding carboxylic acids is 2. The smallest absolute Gasteiger partial charge is 0.293 e. The average Bonchev–Trinajstić information content (AvgIpc) is 3.08. The number of imide groups is 1. The Morgan fingerprint density at radius 2 is 1.82 bits per heavy atom. The van der Waals surface area contributed by atoms with Crippen LogP contribution in [0.25, 0.3) is 6.08 Å². The third-order valence-electron chi connectivity index (χ3n) is 5.26. The van der Waals surface area contributed by atoms with E-state index in [0.717, 1.165) is 27.8 Å². The van der Waals surface area contributed by atoms with E-state index < -0.39 is 16.1 Å². The van der Waals surface area contributed by atoms with Crippen molar-refractivity contribution in [2.24, 2.45) is 0 Å². The number of rotatable bonds is 7. The molecule has 7 nitrogen and oxygen atoms in total. The van der Waals surface area contributed by atoms with E-state index in [1.54, 1.807) is 12.1 Å². The summed E-state index contributed by atoms with van der Waals surface area (Å²) in [5.41, 5.74) is 2.62. The summed E-state index contributed by atoms with van der Waals surface area (Å²) in [5.74, 6) is -0.559. The standard InChI is InChI=1S/C25H19FN2O5S/c1-16-4-2-3-5-18(16)14-27-24(29)23(34-25(27)30)13-19-12-21(28(31)32)10-11-22(19)33-15-17-6-8-20(26)9-7-17/h2-13H,14-15H2,1H3/b23-13-. The Morgan fingerprint density at radius 3 is 2.53 bits per heavy atom. The number of amides is 2. The van der Waals surface area contributed by atoms with Gasteiger partial charge >= 0.3 is 0 Å². The SMILES string of the molecule is Cc1ccccc1CN1C(=O)S/C(=C\c2cc([N+](=O)[O-])ccc2OCc2ccc(F)cc2)C1=O. The summed E-state index contributed by atoms with van der Waals surface area (Å²) < 4.78 is 18.9. The molecule has 0 spiro atoms. The number of nitrogens with zero attached hydrogens (tertiary/aromatic N) is 2. The minimum atomic E-state index is -0.551.